The number of benzene rings is 1. The Kier molecular flexibility index (Phi) is 5.83. The average molecular weight is 427 g/mol. The van der Waals surface area contributed by atoms with E-state index in [0.29, 0.717) is 13.1 Å². The van der Waals surface area contributed by atoms with Crippen LogP contribution in [0.2, 0.25) is 5.02 Å². The molecule has 0 aliphatic carbocycles. The molecule has 5 nitrogen and oxygen atoms in total. The van der Waals surface area contributed by atoms with Gasteiger partial charge in [0.2, 0.25) is 0 Å². The number of carbonyl (C=O) groups excluding carboxylic acids is 1. The van der Waals surface area contributed by atoms with Crippen molar-refractivity contribution >= 4 is 34.7 Å². The van der Waals surface area contributed by atoms with Crippen LogP contribution in [0, 0.1) is 13.8 Å². The van der Waals surface area contributed by atoms with Crippen LogP contribution in [0.3, 0.4) is 0 Å². The van der Waals surface area contributed by atoms with E-state index < -0.39 is 0 Å². The summed E-state index contributed by atoms with van der Waals surface area (Å²) in [6, 6.07) is 11.7. The number of hydrogen-bond acceptors (Lipinski definition) is 5. The van der Waals surface area contributed by atoms with Gasteiger partial charge in [-0.3, -0.25) is 4.79 Å². The fourth-order valence-electron chi connectivity index (χ4n) is 3.67. The minimum Gasteiger partial charge on any atom is -0.353 e. The number of amides is 1. The number of carbonyl (C=O) groups is 1. The summed E-state index contributed by atoms with van der Waals surface area (Å²) in [6.07, 6.45) is 0.757. The zero-order valence-corrected chi connectivity index (χ0v) is 18.1. The van der Waals surface area contributed by atoms with E-state index in [4.69, 9.17) is 16.6 Å². The second-order valence-electron chi connectivity index (χ2n) is 7.22. The van der Waals surface area contributed by atoms with Crippen LogP contribution in [0.15, 0.2) is 41.8 Å². The van der Waals surface area contributed by atoms with Crippen LogP contribution in [0.1, 0.15) is 32.3 Å². The van der Waals surface area contributed by atoms with Crippen LogP contribution in [0.5, 0.6) is 0 Å². The molecule has 1 amide bonds. The molecule has 1 aliphatic rings. The molecule has 29 heavy (non-hydrogen) atoms. The Balaban J connectivity index is 1.54. The molecular formula is C22H23ClN4OS. The minimum atomic E-state index is 0.121. The molecule has 2 aromatic heterocycles. The first-order chi connectivity index (χ1) is 14.0. The molecular weight excluding hydrogens is 404 g/mol. The topological polar surface area (TPSA) is 49.3 Å². The third-order valence-electron chi connectivity index (χ3n) is 5.20. The third-order valence-corrected chi connectivity index (χ3v) is 6.31. The molecule has 0 unspecified atom stereocenters. The van der Waals surface area contributed by atoms with Crippen LogP contribution in [0.25, 0.3) is 0 Å². The lowest BCUT2D eigenvalue weighted by Crippen LogP contribution is -2.49. The molecule has 0 atom stereocenters. The standard InChI is InChI=1S/C22H23ClN4OS/c1-15-19(14-17-5-7-18(23)8-6-17)21(25-16(2)24-15)26-9-11-27(12-10-26)22(28)20-4-3-13-29-20/h3-8,13H,9-12,14H2,1-2H3. The maximum absolute atomic E-state index is 12.6. The number of nitrogens with zero attached hydrogens (tertiary/aromatic N) is 4. The Morgan fingerprint density at radius 2 is 1.79 bits per heavy atom. The van der Waals surface area contributed by atoms with E-state index in [-0.39, 0.29) is 5.91 Å². The van der Waals surface area contributed by atoms with Gasteiger partial charge in [0, 0.05) is 48.9 Å². The summed E-state index contributed by atoms with van der Waals surface area (Å²) in [5, 5.41) is 2.68. The summed E-state index contributed by atoms with van der Waals surface area (Å²) in [7, 11) is 0. The molecule has 0 saturated carbocycles. The van der Waals surface area contributed by atoms with Gasteiger partial charge in [-0.15, -0.1) is 11.3 Å². The van der Waals surface area contributed by atoms with Crippen molar-refractivity contribution in [1.29, 1.82) is 0 Å². The monoisotopic (exact) mass is 426 g/mol. The zero-order valence-electron chi connectivity index (χ0n) is 16.6. The van der Waals surface area contributed by atoms with Crippen molar-refractivity contribution < 1.29 is 4.79 Å². The van der Waals surface area contributed by atoms with Crippen LogP contribution in [-0.4, -0.2) is 47.0 Å². The van der Waals surface area contributed by atoms with Crippen molar-refractivity contribution in [3.05, 3.63) is 74.3 Å². The Bertz CT molecular complexity index is 996. The van der Waals surface area contributed by atoms with Gasteiger partial charge in [0.25, 0.3) is 5.91 Å². The van der Waals surface area contributed by atoms with Crippen LogP contribution >= 0.6 is 22.9 Å². The molecule has 1 aliphatic heterocycles. The lowest BCUT2D eigenvalue weighted by Gasteiger charge is -2.36. The normalized spacial score (nSPS) is 14.3. The number of anilines is 1. The van der Waals surface area contributed by atoms with Crippen molar-refractivity contribution in [2.75, 3.05) is 31.1 Å². The van der Waals surface area contributed by atoms with E-state index >= 15 is 0 Å². The zero-order chi connectivity index (χ0) is 20.4. The van der Waals surface area contributed by atoms with Crippen molar-refractivity contribution in [1.82, 2.24) is 14.9 Å². The predicted octanol–water partition coefficient (Wildman–Crippen LogP) is 4.36. The second kappa shape index (κ2) is 8.51. The van der Waals surface area contributed by atoms with E-state index in [1.165, 1.54) is 16.9 Å². The van der Waals surface area contributed by atoms with Gasteiger partial charge in [-0.05, 0) is 43.0 Å². The van der Waals surface area contributed by atoms with E-state index in [9.17, 15) is 4.79 Å². The molecule has 1 aromatic carbocycles. The number of thiophene rings is 1. The summed E-state index contributed by atoms with van der Waals surface area (Å²) in [4.78, 5) is 27.0. The molecule has 0 radical (unpaired) electrons. The maximum Gasteiger partial charge on any atom is 0.264 e. The molecule has 3 aromatic rings. The lowest BCUT2D eigenvalue weighted by molar-refractivity contribution is 0.0751. The minimum absolute atomic E-state index is 0.121. The molecule has 1 fully saturated rings. The van der Waals surface area contributed by atoms with Crippen molar-refractivity contribution in [2.24, 2.45) is 0 Å². The largest absolute Gasteiger partial charge is 0.353 e. The molecule has 4 rings (SSSR count). The van der Waals surface area contributed by atoms with Crippen molar-refractivity contribution in [3.8, 4) is 0 Å². The SMILES string of the molecule is Cc1nc(C)c(Cc2ccc(Cl)cc2)c(N2CCN(C(=O)c3cccs3)CC2)n1. The highest BCUT2D eigenvalue weighted by Gasteiger charge is 2.25. The van der Waals surface area contributed by atoms with Crippen LogP contribution < -0.4 is 4.90 Å². The Morgan fingerprint density at radius 1 is 1.07 bits per heavy atom. The molecule has 3 heterocycles. The van der Waals surface area contributed by atoms with E-state index in [1.807, 2.05) is 60.5 Å². The first-order valence-electron chi connectivity index (χ1n) is 9.67. The first kappa shape index (κ1) is 19.9. The van der Waals surface area contributed by atoms with Gasteiger partial charge < -0.3 is 9.80 Å². The highest BCUT2D eigenvalue weighted by molar-refractivity contribution is 7.12. The summed E-state index contributed by atoms with van der Waals surface area (Å²) >= 11 is 7.53. The lowest BCUT2D eigenvalue weighted by atomic mass is 10.0. The molecule has 0 bridgehead atoms. The van der Waals surface area contributed by atoms with E-state index in [0.717, 1.165) is 52.3 Å². The van der Waals surface area contributed by atoms with Gasteiger partial charge >= 0.3 is 0 Å². The summed E-state index contributed by atoms with van der Waals surface area (Å²) in [5.41, 5.74) is 3.31. The summed E-state index contributed by atoms with van der Waals surface area (Å²) in [5.74, 6) is 1.87. The highest BCUT2D eigenvalue weighted by atomic mass is 35.5. The molecule has 7 heteroatoms. The summed E-state index contributed by atoms with van der Waals surface area (Å²) < 4.78 is 0. The summed E-state index contributed by atoms with van der Waals surface area (Å²) in [6.45, 7) is 6.89. The van der Waals surface area contributed by atoms with Crippen molar-refractivity contribution in [2.45, 2.75) is 20.3 Å². The Hall–Kier alpha value is -2.44. The van der Waals surface area contributed by atoms with E-state index in [1.54, 1.807) is 0 Å². The van der Waals surface area contributed by atoms with Crippen LogP contribution in [-0.2, 0) is 6.42 Å². The molecule has 0 N–H and O–H groups in total. The number of halogens is 1. The number of aryl methyl sites for hydroxylation is 2. The second-order valence-corrected chi connectivity index (χ2v) is 8.60. The molecule has 0 spiro atoms. The highest BCUT2D eigenvalue weighted by Crippen LogP contribution is 2.26. The molecule has 1 saturated heterocycles. The van der Waals surface area contributed by atoms with Gasteiger partial charge in [-0.2, -0.15) is 0 Å². The van der Waals surface area contributed by atoms with Gasteiger partial charge in [0.15, 0.2) is 0 Å². The van der Waals surface area contributed by atoms with Gasteiger partial charge in [0.05, 0.1) is 4.88 Å². The van der Waals surface area contributed by atoms with Gasteiger partial charge in [-0.25, -0.2) is 9.97 Å². The number of piperazine rings is 1. The van der Waals surface area contributed by atoms with Crippen molar-refractivity contribution in [3.63, 3.8) is 0 Å². The molecule has 150 valence electrons. The Morgan fingerprint density at radius 3 is 2.45 bits per heavy atom. The van der Waals surface area contributed by atoms with Crippen LogP contribution in [0.4, 0.5) is 5.82 Å². The quantitative estimate of drug-likeness (QED) is 0.621. The predicted molar refractivity (Wildman–Crippen MR) is 118 cm³/mol. The van der Waals surface area contributed by atoms with Gasteiger partial charge in [-0.1, -0.05) is 29.8 Å². The smallest absolute Gasteiger partial charge is 0.264 e. The number of aromatic nitrogens is 2. The third kappa shape index (κ3) is 4.43. The fourth-order valence-corrected chi connectivity index (χ4v) is 4.49. The van der Waals surface area contributed by atoms with E-state index in [2.05, 4.69) is 9.88 Å². The average Bonchev–Trinajstić information content (AvgIpc) is 3.26. The van der Waals surface area contributed by atoms with Gasteiger partial charge in [0.1, 0.15) is 11.6 Å². The Labute approximate surface area is 180 Å². The number of hydrogen-bond donors (Lipinski definition) is 0. The fraction of sp³-hybridized carbons (Fsp3) is 0.318. The number of rotatable bonds is 4. The first-order valence-corrected chi connectivity index (χ1v) is 10.9. The maximum atomic E-state index is 12.6.